The molecule has 0 spiro atoms. The van der Waals surface area contributed by atoms with Gasteiger partial charge in [0.05, 0.1) is 17.9 Å². The molecule has 8 heteroatoms. The lowest BCUT2D eigenvalue weighted by atomic mass is 10.1. The summed E-state index contributed by atoms with van der Waals surface area (Å²) in [5, 5.41) is 6.99. The van der Waals surface area contributed by atoms with Crippen molar-refractivity contribution in [2.75, 3.05) is 18.4 Å². The van der Waals surface area contributed by atoms with E-state index >= 15 is 0 Å². The van der Waals surface area contributed by atoms with Crippen molar-refractivity contribution in [3.63, 3.8) is 0 Å². The Balaban J connectivity index is 1.43. The standard InChI is InChI=1S/C21H24N6O2/c1-15-10-26(11-16(2)29-15)12-17-5-7-18(8-6-17)21(28)25-19-4-3-9-23-20(19)27-14-22-13-24-27/h3-9,13-16H,10-12H2,1-2H3,(H,25,28). The maximum Gasteiger partial charge on any atom is 0.255 e. The first-order valence-electron chi connectivity index (χ1n) is 9.66. The average Bonchev–Trinajstić information content (AvgIpc) is 3.23. The van der Waals surface area contributed by atoms with Crippen molar-refractivity contribution < 1.29 is 9.53 Å². The second-order valence-corrected chi connectivity index (χ2v) is 7.32. The Morgan fingerprint density at radius 3 is 2.62 bits per heavy atom. The fourth-order valence-corrected chi connectivity index (χ4v) is 3.62. The molecule has 1 fully saturated rings. The quantitative estimate of drug-likeness (QED) is 0.718. The number of nitrogens with one attached hydrogen (secondary N) is 1. The zero-order valence-electron chi connectivity index (χ0n) is 16.5. The van der Waals surface area contributed by atoms with Gasteiger partial charge >= 0.3 is 0 Å². The Labute approximate surface area is 169 Å². The molecule has 1 saturated heterocycles. The summed E-state index contributed by atoms with van der Waals surface area (Å²) in [6, 6.07) is 11.3. The Morgan fingerprint density at radius 1 is 1.17 bits per heavy atom. The van der Waals surface area contributed by atoms with E-state index in [-0.39, 0.29) is 18.1 Å². The lowest BCUT2D eigenvalue weighted by Gasteiger charge is -2.35. The molecule has 29 heavy (non-hydrogen) atoms. The van der Waals surface area contributed by atoms with Crippen molar-refractivity contribution in [3.8, 4) is 5.82 Å². The monoisotopic (exact) mass is 392 g/mol. The van der Waals surface area contributed by atoms with E-state index in [1.165, 1.54) is 16.6 Å². The molecule has 1 amide bonds. The number of carbonyl (C=O) groups excluding carboxylic acids is 1. The topological polar surface area (TPSA) is 85.2 Å². The van der Waals surface area contributed by atoms with Crippen LogP contribution < -0.4 is 5.32 Å². The Morgan fingerprint density at radius 2 is 1.93 bits per heavy atom. The van der Waals surface area contributed by atoms with Crippen LogP contribution >= 0.6 is 0 Å². The van der Waals surface area contributed by atoms with Crippen LogP contribution in [0, 0.1) is 0 Å². The van der Waals surface area contributed by atoms with Crippen molar-refractivity contribution in [3.05, 3.63) is 66.4 Å². The first-order valence-corrected chi connectivity index (χ1v) is 9.66. The summed E-state index contributed by atoms with van der Waals surface area (Å²) < 4.78 is 7.30. The minimum absolute atomic E-state index is 0.195. The van der Waals surface area contributed by atoms with Gasteiger partial charge in [0.1, 0.15) is 12.7 Å². The van der Waals surface area contributed by atoms with E-state index in [0.29, 0.717) is 17.1 Å². The molecule has 1 aliphatic heterocycles. The van der Waals surface area contributed by atoms with Gasteiger partial charge in [0, 0.05) is 31.4 Å². The Bertz CT molecular complexity index is 948. The third kappa shape index (κ3) is 4.67. The number of hydrogen-bond acceptors (Lipinski definition) is 6. The van der Waals surface area contributed by atoms with Gasteiger partial charge in [-0.25, -0.2) is 14.6 Å². The van der Waals surface area contributed by atoms with Crippen LogP contribution in [0.3, 0.4) is 0 Å². The van der Waals surface area contributed by atoms with Crippen LogP contribution in [0.4, 0.5) is 5.69 Å². The van der Waals surface area contributed by atoms with E-state index < -0.39 is 0 Å². The summed E-state index contributed by atoms with van der Waals surface area (Å²) in [5.74, 6) is 0.324. The van der Waals surface area contributed by atoms with Crippen molar-refractivity contribution in [1.82, 2.24) is 24.6 Å². The predicted octanol–water partition coefficient (Wildman–Crippen LogP) is 2.52. The maximum absolute atomic E-state index is 12.7. The van der Waals surface area contributed by atoms with E-state index in [9.17, 15) is 4.79 Å². The van der Waals surface area contributed by atoms with Gasteiger partial charge in [0.15, 0.2) is 5.82 Å². The van der Waals surface area contributed by atoms with E-state index in [1.807, 2.05) is 24.3 Å². The summed E-state index contributed by atoms with van der Waals surface area (Å²) in [6.07, 6.45) is 5.09. The fraction of sp³-hybridized carbons (Fsp3) is 0.333. The summed E-state index contributed by atoms with van der Waals surface area (Å²) in [7, 11) is 0. The number of anilines is 1. The van der Waals surface area contributed by atoms with Gasteiger partial charge in [-0.2, -0.15) is 5.10 Å². The summed E-state index contributed by atoms with van der Waals surface area (Å²) in [6.45, 7) is 6.88. The van der Waals surface area contributed by atoms with E-state index in [0.717, 1.165) is 19.6 Å². The Hall–Kier alpha value is -3.10. The van der Waals surface area contributed by atoms with Gasteiger partial charge < -0.3 is 10.1 Å². The number of amides is 1. The van der Waals surface area contributed by atoms with Crippen LogP contribution in [0.25, 0.3) is 5.82 Å². The molecule has 0 radical (unpaired) electrons. The van der Waals surface area contributed by atoms with E-state index in [1.54, 1.807) is 24.7 Å². The van der Waals surface area contributed by atoms with Crippen LogP contribution in [0.5, 0.6) is 0 Å². The normalized spacial score (nSPS) is 19.8. The van der Waals surface area contributed by atoms with Crippen LogP contribution in [-0.2, 0) is 11.3 Å². The predicted molar refractivity (Wildman–Crippen MR) is 109 cm³/mol. The van der Waals surface area contributed by atoms with Crippen LogP contribution in [0.1, 0.15) is 29.8 Å². The molecule has 8 nitrogen and oxygen atoms in total. The molecule has 0 saturated carbocycles. The number of hydrogen-bond donors (Lipinski definition) is 1. The Kier molecular flexibility index (Phi) is 5.64. The van der Waals surface area contributed by atoms with Gasteiger partial charge in [-0.15, -0.1) is 0 Å². The lowest BCUT2D eigenvalue weighted by Crippen LogP contribution is -2.44. The smallest absolute Gasteiger partial charge is 0.255 e. The second kappa shape index (κ2) is 8.50. The largest absolute Gasteiger partial charge is 0.373 e. The minimum atomic E-state index is -0.195. The van der Waals surface area contributed by atoms with Gasteiger partial charge in [-0.1, -0.05) is 12.1 Å². The van der Waals surface area contributed by atoms with Crippen LogP contribution in [0.2, 0.25) is 0 Å². The molecule has 3 heterocycles. The van der Waals surface area contributed by atoms with Gasteiger partial charge in [-0.3, -0.25) is 9.69 Å². The van der Waals surface area contributed by atoms with Crippen molar-refractivity contribution in [2.45, 2.75) is 32.6 Å². The number of aromatic nitrogens is 4. The summed E-state index contributed by atoms with van der Waals surface area (Å²) in [5.41, 5.74) is 2.33. The van der Waals surface area contributed by atoms with E-state index in [4.69, 9.17) is 4.74 Å². The molecule has 4 rings (SSSR count). The fourth-order valence-electron chi connectivity index (χ4n) is 3.62. The molecule has 2 aromatic heterocycles. The maximum atomic E-state index is 12.7. The minimum Gasteiger partial charge on any atom is -0.373 e. The molecule has 1 N–H and O–H groups in total. The highest BCUT2D eigenvalue weighted by molar-refractivity contribution is 6.05. The number of pyridine rings is 1. The third-order valence-electron chi connectivity index (χ3n) is 4.79. The molecule has 2 unspecified atom stereocenters. The highest BCUT2D eigenvalue weighted by atomic mass is 16.5. The van der Waals surface area contributed by atoms with Gasteiger partial charge in [0.2, 0.25) is 0 Å². The molecule has 1 aliphatic rings. The van der Waals surface area contributed by atoms with Gasteiger partial charge in [0.25, 0.3) is 5.91 Å². The van der Waals surface area contributed by atoms with Crippen molar-refractivity contribution in [2.24, 2.45) is 0 Å². The molecule has 0 bridgehead atoms. The molecule has 1 aromatic carbocycles. The second-order valence-electron chi connectivity index (χ2n) is 7.32. The van der Waals surface area contributed by atoms with E-state index in [2.05, 4.69) is 39.1 Å². The molecule has 0 aliphatic carbocycles. The molecular weight excluding hydrogens is 368 g/mol. The molecule has 150 valence electrons. The van der Waals surface area contributed by atoms with Crippen molar-refractivity contribution in [1.29, 1.82) is 0 Å². The highest BCUT2D eigenvalue weighted by Gasteiger charge is 2.22. The van der Waals surface area contributed by atoms with Crippen LogP contribution in [0.15, 0.2) is 55.2 Å². The number of nitrogens with zero attached hydrogens (tertiary/aromatic N) is 5. The van der Waals surface area contributed by atoms with Crippen molar-refractivity contribution >= 4 is 11.6 Å². The number of carbonyl (C=O) groups is 1. The van der Waals surface area contributed by atoms with Gasteiger partial charge in [-0.05, 0) is 43.7 Å². The SMILES string of the molecule is CC1CN(Cc2ccc(C(=O)Nc3cccnc3-n3cncn3)cc2)CC(C)O1. The highest BCUT2D eigenvalue weighted by Crippen LogP contribution is 2.18. The number of benzene rings is 1. The number of rotatable bonds is 5. The zero-order chi connectivity index (χ0) is 20.2. The lowest BCUT2D eigenvalue weighted by molar-refractivity contribution is -0.0704. The summed E-state index contributed by atoms with van der Waals surface area (Å²) in [4.78, 5) is 23.3. The summed E-state index contributed by atoms with van der Waals surface area (Å²) >= 11 is 0. The zero-order valence-corrected chi connectivity index (χ0v) is 16.5. The number of morpholine rings is 1. The average molecular weight is 392 g/mol. The first-order chi connectivity index (χ1) is 14.1. The molecular formula is C21H24N6O2. The molecule has 3 aromatic rings. The first kappa shape index (κ1) is 19.2. The van der Waals surface area contributed by atoms with Crippen LogP contribution in [-0.4, -0.2) is 55.9 Å². The molecule has 2 atom stereocenters. The number of ether oxygens (including phenoxy) is 1. The third-order valence-corrected chi connectivity index (χ3v) is 4.79.